The topological polar surface area (TPSA) is 49.7 Å². The van der Waals surface area contributed by atoms with Crippen molar-refractivity contribution in [2.45, 2.75) is 91.1 Å². The number of aliphatic hydroxyl groups excluding tert-OH is 2. The van der Waals surface area contributed by atoms with Crippen molar-refractivity contribution < 1.29 is 14.6 Å². The zero-order valence-electron chi connectivity index (χ0n) is 16.6. The Bertz CT molecular complexity index is 373. The molecule has 0 amide bonds. The zero-order valence-corrected chi connectivity index (χ0v) is 17.6. The molecule has 0 aliphatic rings. The second kappa shape index (κ2) is 9.83. The highest BCUT2D eigenvalue weighted by atomic mass is 28.4. The van der Waals surface area contributed by atoms with E-state index in [4.69, 9.17) is 4.43 Å². The van der Waals surface area contributed by atoms with Gasteiger partial charge in [0.15, 0.2) is 8.32 Å². The Morgan fingerprint density at radius 1 is 0.870 bits per heavy atom. The smallest absolute Gasteiger partial charge is 0.200 e. The van der Waals surface area contributed by atoms with E-state index in [-0.39, 0.29) is 11.8 Å². The molecule has 0 aliphatic carbocycles. The van der Waals surface area contributed by atoms with Crippen LogP contribution in [0.1, 0.15) is 62.3 Å². The molecule has 0 saturated carbocycles. The van der Waals surface area contributed by atoms with Gasteiger partial charge in [-0.15, -0.1) is 5.92 Å². The maximum absolute atomic E-state index is 10.5. The first-order chi connectivity index (χ1) is 10.5. The van der Waals surface area contributed by atoms with E-state index in [2.05, 4.69) is 53.4 Å². The van der Waals surface area contributed by atoms with Crippen molar-refractivity contribution in [3.05, 3.63) is 0 Å². The summed E-state index contributed by atoms with van der Waals surface area (Å²) < 4.78 is 6.43. The maximum atomic E-state index is 10.5. The molecule has 0 saturated heterocycles. The quantitative estimate of drug-likeness (QED) is 0.488. The predicted octanol–water partition coefficient (Wildman–Crippen LogP) is 4.20. The van der Waals surface area contributed by atoms with Gasteiger partial charge in [-0.05, 0) is 30.5 Å². The largest absolute Gasteiger partial charge is 0.413 e. The van der Waals surface area contributed by atoms with E-state index in [0.717, 1.165) is 0 Å². The van der Waals surface area contributed by atoms with Crippen LogP contribution in [0.4, 0.5) is 0 Å². The Balaban J connectivity index is 5.00. The van der Waals surface area contributed by atoms with Crippen LogP contribution in [-0.2, 0) is 4.43 Å². The SMILES string of the molecule is CC#C[C@H](C)[C@H](O)[C@H](C)[C@H](O)CO[Si](C(C)C)(C(C)C)C(C)C. The van der Waals surface area contributed by atoms with Gasteiger partial charge < -0.3 is 14.6 Å². The molecule has 0 fully saturated rings. The number of rotatable bonds is 9. The fourth-order valence-corrected chi connectivity index (χ4v) is 9.34. The highest BCUT2D eigenvalue weighted by Gasteiger charge is 2.45. The van der Waals surface area contributed by atoms with Crippen LogP contribution in [-0.4, -0.2) is 37.3 Å². The zero-order chi connectivity index (χ0) is 18.4. The average Bonchev–Trinajstić information content (AvgIpc) is 2.45. The Kier molecular flexibility index (Phi) is 9.69. The van der Waals surface area contributed by atoms with Gasteiger partial charge in [0.1, 0.15) is 0 Å². The van der Waals surface area contributed by atoms with Crippen molar-refractivity contribution in [1.29, 1.82) is 0 Å². The molecule has 0 aromatic carbocycles. The van der Waals surface area contributed by atoms with E-state index in [1.165, 1.54) is 0 Å². The molecule has 3 nitrogen and oxygen atoms in total. The van der Waals surface area contributed by atoms with E-state index in [0.29, 0.717) is 23.2 Å². The van der Waals surface area contributed by atoms with Crippen molar-refractivity contribution in [3.8, 4) is 11.8 Å². The van der Waals surface area contributed by atoms with Gasteiger partial charge in [-0.25, -0.2) is 0 Å². The molecule has 2 N–H and O–H groups in total. The van der Waals surface area contributed by atoms with Crippen molar-refractivity contribution in [1.82, 2.24) is 0 Å². The molecular formula is C19H38O3Si. The van der Waals surface area contributed by atoms with Gasteiger partial charge in [0.2, 0.25) is 0 Å². The highest BCUT2D eigenvalue weighted by molar-refractivity contribution is 6.77. The van der Waals surface area contributed by atoms with E-state index in [1.54, 1.807) is 6.92 Å². The Morgan fingerprint density at radius 3 is 1.65 bits per heavy atom. The molecule has 0 radical (unpaired) electrons. The standard InChI is InChI=1S/C19H38O3Si/c1-10-11-16(8)19(21)17(9)18(20)12-22-23(13(2)3,14(4)5)15(6)7/h13-21H,12H2,1-9H3/t16-,17+,18+,19-/m0/s1. The third-order valence-electron chi connectivity index (χ3n) is 5.24. The van der Waals surface area contributed by atoms with Crippen LogP contribution in [0.3, 0.4) is 0 Å². The summed E-state index contributed by atoms with van der Waals surface area (Å²) in [6, 6.07) is 0. The van der Waals surface area contributed by atoms with Crippen LogP contribution in [0.25, 0.3) is 0 Å². The third-order valence-corrected chi connectivity index (χ3v) is 11.3. The first kappa shape index (κ1) is 22.7. The van der Waals surface area contributed by atoms with Crippen molar-refractivity contribution in [2.75, 3.05) is 6.61 Å². The summed E-state index contributed by atoms with van der Waals surface area (Å²) >= 11 is 0. The lowest BCUT2D eigenvalue weighted by molar-refractivity contribution is -0.0175. The first-order valence-corrected chi connectivity index (χ1v) is 11.1. The van der Waals surface area contributed by atoms with Crippen molar-refractivity contribution in [2.24, 2.45) is 11.8 Å². The van der Waals surface area contributed by atoms with Gasteiger partial charge in [-0.2, -0.15) is 0 Å². The summed E-state index contributed by atoms with van der Waals surface area (Å²) in [6.45, 7) is 19.2. The predicted molar refractivity (Wildman–Crippen MR) is 101 cm³/mol. The molecular weight excluding hydrogens is 304 g/mol. The van der Waals surface area contributed by atoms with E-state index >= 15 is 0 Å². The van der Waals surface area contributed by atoms with Crippen molar-refractivity contribution in [3.63, 3.8) is 0 Å². The van der Waals surface area contributed by atoms with E-state index in [1.807, 2.05) is 13.8 Å². The number of hydrogen-bond donors (Lipinski definition) is 2. The molecule has 0 aromatic rings. The third kappa shape index (κ3) is 5.60. The second-order valence-corrected chi connectivity index (χ2v) is 13.2. The number of aliphatic hydroxyl groups is 2. The second-order valence-electron chi connectivity index (χ2n) is 7.73. The van der Waals surface area contributed by atoms with Gasteiger partial charge in [0.25, 0.3) is 0 Å². The summed E-state index contributed by atoms with van der Waals surface area (Å²) in [5, 5.41) is 20.8. The molecule has 0 rings (SSSR count). The van der Waals surface area contributed by atoms with Crippen LogP contribution in [0.5, 0.6) is 0 Å². The van der Waals surface area contributed by atoms with Crippen LogP contribution < -0.4 is 0 Å². The normalized spacial score (nSPS) is 17.8. The molecule has 0 heterocycles. The Morgan fingerprint density at radius 2 is 1.30 bits per heavy atom. The van der Waals surface area contributed by atoms with Crippen molar-refractivity contribution >= 4 is 8.32 Å². The maximum Gasteiger partial charge on any atom is 0.200 e. The van der Waals surface area contributed by atoms with Gasteiger partial charge in [0, 0.05) is 11.8 Å². The molecule has 0 aliphatic heterocycles. The highest BCUT2D eigenvalue weighted by Crippen LogP contribution is 2.42. The molecule has 4 atom stereocenters. The fraction of sp³-hybridized carbons (Fsp3) is 0.895. The fourth-order valence-electron chi connectivity index (χ4n) is 3.88. The molecule has 136 valence electrons. The lowest BCUT2D eigenvalue weighted by Crippen LogP contribution is -2.50. The van der Waals surface area contributed by atoms with Crippen LogP contribution in [0.2, 0.25) is 16.6 Å². The molecule has 23 heavy (non-hydrogen) atoms. The van der Waals surface area contributed by atoms with E-state index in [9.17, 15) is 10.2 Å². The minimum Gasteiger partial charge on any atom is -0.413 e. The molecule has 0 unspecified atom stereocenters. The minimum atomic E-state index is -1.98. The summed E-state index contributed by atoms with van der Waals surface area (Å²) in [5.41, 5.74) is 1.46. The lowest BCUT2D eigenvalue weighted by atomic mass is 9.90. The molecule has 0 bridgehead atoms. The summed E-state index contributed by atoms with van der Waals surface area (Å²) in [7, 11) is -1.98. The summed E-state index contributed by atoms with van der Waals surface area (Å²) in [4.78, 5) is 0. The Hall–Kier alpha value is -0.343. The van der Waals surface area contributed by atoms with Gasteiger partial charge in [-0.3, -0.25) is 0 Å². The summed E-state index contributed by atoms with van der Waals surface area (Å²) in [5.74, 6) is 5.39. The van der Waals surface area contributed by atoms with Crippen LogP contribution in [0.15, 0.2) is 0 Å². The van der Waals surface area contributed by atoms with Gasteiger partial charge in [-0.1, -0.05) is 54.4 Å². The lowest BCUT2D eigenvalue weighted by Gasteiger charge is -2.43. The van der Waals surface area contributed by atoms with Gasteiger partial charge in [0.05, 0.1) is 18.8 Å². The van der Waals surface area contributed by atoms with Crippen LogP contribution in [0, 0.1) is 23.7 Å². The minimum absolute atomic E-state index is 0.146. The number of hydrogen-bond acceptors (Lipinski definition) is 3. The van der Waals surface area contributed by atoms with Gasteiger partial charge >= 0.3 is 0 Å². The first-order valence-electron chi connectivity index (χ1n) is 8.94. The molecule has 0 spiro atoms. The summed E-state index contributed by atoms with van der Waals surface area (Å²) in [6.07, 6.45) is -1.32. The average molecular weight is 343 g/mol. The van der Waals surface area contributed by atoms with E-state index < -0.39 is 20.5 Å². The molecule has 0 aromatic heterocycles. The monoisotopic (exact) mass is 342 g/mol. The Labute approximate surface area is 145 Å². The van der Waals surface area contributed by atoms with Crippen LogP contribution >= 0.6 is 0 Å². The molecule has 4 heteroatoms.